The van der Waals surface area contributed by atoms with Crippen LogP contribution in [0, 0.1) is 6.92 Å². The molecule has 2 aromatic rings. The molecule has 1 atom stereocenters. The van der Waals surface area contributed by atoms with Crippen LogP contribution in [0.1, 0.15) is 37.2 Å². The van der Waals surface area contributed by atoms with Gasteiger partial charge in [0.15, 0.2) is 5.16 Å². The molecule has 0 aliphatic carbocycles. The average Bonchev–Trinajstić information content (AvgIpc) is 3.15. The van der Waals surface area contributed by atoms with Gasteiger partial charge in [-0.15, -0.1) is 27.7 Å². The molecule has 128 valence electrons. The molecule has 3 rings (SSSR count). The van der Waals surface area contributed by atoms with Gasteiger partial charge < -0.3 is 9.88 Å². The van der Waals surface area contributed by atoms with Gasteiger partial charge in [-0.05, 0) is 33.2 Å². The molecule has 3 heterocycles. The Morgan fingerprint density at radius 3 is 2.96 bits per heavy atom. The second-order valence-corrected chi connectivity index (χ2v) is 6.63. The van der Waals surface area contributed by atoms with Crippen LogP contribution < -0.4 is 5.32 Å². The smallest absolute Gasteiger partial charge is 0.191 e. The highest BCUT2D eigenvalue weighted by Gasteiger charge is 2.18. The Kier molecular flexibility index (Phi) is 6.86. The van der Waals surface area contributed by atoms with Crippen molar-refractivity contribution in [2.75, 3.05) is 18.8 Å². The Labute approximate surface area is 147 Å². The molecule has 7 nitrogen and oxygen atoms in total. The van der Waals surface area contributed by atoms with Crippen molar-refractivity contribution in [1.29, 1.82) is 0 Å². The van der Waals surface area contributed by atoms with E-state index in [4.69, 9.17) is 0 Å². The third kappa shape index (κ3) is 4.45. The quantitative estimate of drug-likeness (QED) is 0.796. The number of aromatic nitrogens is 6. The maximum atomic E-state index is 4.33. The van der Waals surface area contributed by atoms with Crippen molar-refractivity contribution < 1.29 is 0 Å². The number of nitrogens with one attached hydrogen (secondary N) is 1. The van der Waals surface area contributed by atoms with Gasteiger partial charge in [0.25, 0.3) is 0 Å². The number of rotatable bonds is 6. The standard InChI is InChI=1S/C14H23N7S.ClH/c1-3-21-11(2)16-18-14(21)22-8-7-20-10-13(17-19-20)12-5-4-6-15-9-12;/h10,12,15H,3-9H2,1-2H3;1H. The number of thioether (sulfide) groups is 1. The number of hydrogen-bond donors (Lipinski definition) is 1. The first-order valence-corrected chi connectivity index (χ1v) is 8.90. The third-order valence-electron chi connectivity index (χ3n) is 4.04. The summed E-state index contributed by atoms with van der Waals surface area (Å²) in [6.45, 7) is 7.99. The van der Waals surface area contributed by atoms with Crippen molar-refractivity contribution in [2.45, 2.75) is 50.9 Å². The summed E-state index contributed by atoms with van der Waals surface area (Å²) in [5.74, 6) is 2.41. The van der Waals surface area contributed by atoms with E-state index >= 15 is 0 Å². The van der Waals surface area contributed by atoms with Crippen LogP contribution in [0.4, 0.5) is 0 Å². The number of piperidine rings is 1. The molecule has 1 unspecified atom stereocenters. The molecule has 0 radical (unpaired) electrons. The van der Waals surface area contributed by atoms with Crippen molar-refractivity contribution in [3.8, 4) is 0 Å². The molecule has 1 aliphatic rings. The molecule has 0 aromatic carbocycles. The largest absolute Gasteiger partial charge is 0.316 e. The average molecular weight is 358 g/mol. The molecule has 0 bridgehead atoms. The maximum absolute atomic E-state index is 4.33. The SMILES string of the molecule is CCn1c(C)nnc1SCCn1cc(C2CCCNC2)nn1.Cl. The number of halogens is 1. The minimum atomic E-state index is 0. The molecule has 1 saturated heterocycles. The zero-order valence-electron chi connectivity index (χ0n) is 13.6. The molecule has 1 fully saturated rings. The second-order valence-electron chi connectivity index (χ2n) is 5.57. The normalized spacial score (nSPS) is 17.9. The van der Waals surface area contributed by atoms with Crippen molar-refractivity contribution in [2.24, 2.45) is 0 Å². The van der Waals surface area contributed by atoms with E-state index in [0.29, 0.717) is 5.92 Å². The molecule has 1 aliphatic heterocycles. The molecular weight excluding hydrogens is 334 g/mol. The van der Waals surface area contributed by atoms with Gasteiger partial charge in [-0.3, -0.25) is 4.68 Å². The van der Waals surface area contributed by atoms with Crippen LogP contribution in [0.25, 0.3) is 0 Å². The summed E-state index contributed by atoms with van der Waals surface area (Å²) < 4.78 is 4.07. The van der Waals surface area contributed by atoms with Gasteiger partial charge >= 0.3 is 0 Å². The Morgan fingerprint density at radius 2 is 2.22 bits per heavy atom. The summed E-state index contributed by atoms with van der Waals surface area (Å²) in [4.78, 5) is 0. The highest BCUT2D eigenvalue weighted by atomic mass is 35.5. The Hall–Kier alpha value is -1.12. The van der Waals surface area contributed by atoms with Gasteiger partial charge in [0.05, 0.1) is 12.2 Å². The molecule has 0 spiro atoms. The predicted molar refractivity (Wildman–Crippen MR) is 93.3 cm³/mol. The van der Waals surface area contributed by atoms with Crippen LogP contribution >= 0.6 is 24.2 Å². The molecule has 0 amide bonds. The fourth-order valence-electron chi connectivity index (χ4n) is 2.78. The summed E-state index contributed by atoms with van der Waals surface area (Å²) in [6, 6.07) is 0. The lowest BCUT2D eigenvalue weighted by atomic mass is 9.97. The Bertz CT molecular complexity index is 606. The molecule has 23 heavy (non-hydrogen) atoms. The van der Waals surface area contributed by atoms with Crippen LogP contribution in [-0.4, -0.2) is 48.6 Å². The van der Waals surface area contributed by atoms with Crippen LogP contribution in [0.3, 0.4) is 0 Å². The van der Waals surface area contributed by atoms with Gasteiger partial charge in [-0.1, -0.05) is 17.0 Å². The maximum Gasteiger partial charge on any atom is 0.191 e. The highest BCUT2D eigenvalue weighted by molar-refractivity contribution is 7.99. The fourth-order valence-corrected chi connectivity index (χ4v) is 3.75. The third-order valence-corrected chi connectivity index (χ3v) is 4.99. The van der Waals surface area contributed by atoms with E-state index in [2.05, 4.69) is 43.5 Å². The Morgan fingerprint density at radius 1 is 1.35 bits per heavy atom. The summed E-state index contributed by atoms with van der Waals surface area (Å²) in [5.41, 5.74) is 1.12. The van der Waals surface area contributed by atoms with E-state index in [0.717, 1.165) is 48.6 Å². The van der Waals surface area contributed by atoms with Crippen LogP contribution in [0.15, 0.2) is 11.4 Å². The zero-order valence-corrected chi connectivity index (χ0v) is 15.2. The zero-order chi connectivity index (χ0) is 15.4. The monoisotopic (exact) mass is 357 g/mol. The van der Waals surface area contributed by atoms with Gasteiger partial charge in [-0.2, -0.15) is 0 Å². The minimum absolute atomic E-state index is 0. The summed E-state index contributed by atoms with van der Waals surface area (Å²) >= 11 is 1.72. The summed E-state index contributed by atoms with van der Waals surface area (Å²) in [6.07, 6.45) is 4.52. The lowest BCUT2D eigenvalue weighted by molar-refractivity contribution is 0.454. The van der Waals surface area contributed by atoms with E-state index in [-0.39, 0.29) is 12.4 Å². The fraction of sp³-hybridized carbons (Fsp3) is 0.714. The van der Waals surface area contributed by atoms with Crippen LogP contribution in [-0.2, 0) is 13.1 Å². The second kappa shape index (κ2) is 8.65. The Balaban J connectivity index is 0.00000192. The molecule has 2 aromatic heterocycles. The van der Waals surface area contributed by atoms with Crippen molar-refractivity contribution in [3.05, 3.63) is 17.7 Å². The number of hydrogen-bond acceptors (Lipinski definition) is 6. The van der Waals surface area contributed by atoms with Gasteiger partial charge in [-0.25, -0.2) is 0 Å². The summed E-state index contributed by atoms with van der Waals surface area (Å²) in [7, 11) is 0. The lowest BCUT2D eigenvalue weighted by Crippen LogP contribution is -2.28. The first-order valence-electron chi connectivity index (χ1n) is 7.91. The van der Waals surface area contributed by atoms with E-state index in [1.54, 1.807) is 11.8 Å². The van der Waals surface area contributed by atoms with Gasteiger partial charge in [0, 0.05) is 31.0 Å². The number of nitrogens with zero attached hydrogens (tertiary/aromatic N) is 6. The van der Waals surface area contributed by atoms with Crippen molar-refractivity contribution in [1.82, 2.24) is 35.1 Å². The van der Waals surface area contributed by atoms with E-state index < -0.39 is 0 Å². The minimum Gasteiger partial charge on any atom is -0.316 e. The topological polar surface area (TPSA) is 73.5 Å². The molecule has 0 saturated carbocycles. The molecule has 1 N–H and O–H groups in total. The van der Waals surface area contributed by atoms with E-state index in [9.17, 15) is 0 Å². The van der Waals surface area contributed by atoms with Crippen molar-refractivity contribution >= 4 is 24.2 Å². The highest BCUT2D eigenvalue weighted by Crippen LogP contribution is 2.21. The molecule has 9 heteroatoms. The lowest BCUT2D eigenvalue weighted by Gasteiger charge is -2.20. The van der Waals surface area contributed by atoms with Gasteiger partial charge in [0.2, 0.25) is 0 Å². The van der Waals surface area contributed by atoms with E-state index in [1.807, 2.05) is 11.6 Å². The van der Waals surface area contributed by atoms with Crippen molar-refractivity contribution in [3.63, 3.8) is 0 Å². The molecular formula is C14H24ClN7S. The predicted octanol–water partition coefficient (Wildman–Crippen LogP) is 1.88. The van der Waals surface area contributed by atoms with Crippen LogP contribution in [0.5, 0.6) is 0 Å². The van der Waals surface area contributed by atoms with E-state index in [1.165, 1.54) is 12.8 Å². The first-order chi connectivity index (χ1) is 10.8. The van der Waals surface area contributed by atoms with Crippen LogP contribution in [0.2, 0.25) is 0 Å². The number of aryl methyl sites for hydroxylation is 2. The first kappa shape index (κ1) is 18.2. The van der Waals surface area contributed by atoms with Gasteiger partial charge in [0.1, 0.15) is 5.82 Å². The summed E-state index contributed by atoms with van der Waals surface area (Å²) in [5, 5.41) is 21.3.